The number of aromatic nitrogens is 2. The summed E-state index contributed by atoms with van der Waals surface area (Å²) in [7, 11) is 0. The first-order valence-electron chi connectivity index (χ1n) is 4.36. The molecule has 68 valence electrons. The minimum atomic E-state index is -0.444. The SMILES string of the molecule is CCn1ccnc1C(O)C(C)C. The minimum Gasteiger partial charge on any atom is -0.385 e. The summed E-state index contributed by atoms with van der Waals surface area (Å²) in [6.07, 6.45) is 3.17. The van der Waals surface area contributed by atoms with Crippen molar-refractivity contribution in [3.05, 3.63) is 18.2 Å². The quantitative estimate of drug-likeness (QED) is 0.744. The molecular formula is C9H16N2O. The average molecular weight is 168 g/mol. The van der Waals surface area contributed by atoms with Crippen LogP contribution in [-0.2, 0) is 6.54 Å². The van der Waals surface area contributed by atoms with Crippen LogP contribution in [0.25, 0.3) is 0 Å². The van der Waals surface area contributed by atoms with E-state index in [9.17, 15) is 5.11 Å². The lowest BCUT2D eigenvalue weighted by molar-refractivity contribution is 0.114. The number of aryl methyl sites for hydroxylation is 1. The highest BCUT2D eigenvalue weighted by Gasteiger charge is 2.16. The zero-order valence-electron chi connectivity index (χ0n) is 7.86. The van der Waals surface area contributed by atoms with E-state index in [0.29, 0.717) is 0 Å². The summed E-state index contributed by atoms with van der Waals surface area (Å²) in [4.78, 5) is 4.12. The molecule has 3 nitrogen and oxygen atoms in total. The Morgan fingerprint density at radius 3 is 2.75 bits per heavy atom. The number of aliphatic hydroxyl groups is 1. The van der Waals surface area contributed by atoms with Crippen molar-refractivity contribution >= 4 is 0 Å². The van der Waals surface area contributed by atoms with Crippen LogP contribution in [0, 0.1) is 5.92 Å². The van der Waals surface area contributed by atoms with Crippen LogP contribution in [0.2, 0.25) is 0 Å². The molecule has 1 unspecified atom stereocenters. The molecule has 1 N–H and O–H groups in total. The van der Waals surface area contributed by atoms with E-state index in [1.165, 1.54) is 0 Å². The molecule has 0 aliphatic carbocycles. The van der Waals surface area contributed by atoms with Crippen molar-refractivity contribution < 1.29 is 5.11 Å². The Hall–Kier alpha value is -0.830. The number of rotatable bonds is 3. The second-order valence-electron chi connectivity index (χ2n) is 3.26. The smallest absolute Gasteiger partial charge is 0.137 e. The fraction of sp³-hybridized carbons (Fsp3) is 0.667. The number of nitrogens with zero attached hydrogens (tertiary/aromatic N) is 2. The van der Waals surface area contributed by atoms with Gasteiger partial charge in [0.15, 0.2) is 0 Å². The summed E-state index contributed by atoms with van der Waals surface area (Å²) >= 11 is 0. The predicted molar refractivity (Wildman–Crippen MR) is 47.7 cm³/mol. The molecule has 1 rings (SSSR count). The summed E-state index contributed by atoms with van der Waals surface area (Å²) < 4.78 is 1.96. The summed E-state index contributed by atoms with van der Waals surface area (Å²) in [5.74, 6) is 0.991. The van der Waals surface area contributed by atoms with E-state index in [2.05, 4.69) is 4.98 Å². The lowest BCUT2D eigenvalue weighted by Crippen LogP contribution is -2.12. The second kappa shape index (κ2) is 3.72. The van der Waals surface area contributed by atoms with Crippen LogP contribution in [0.5, 0.6) is 0 Å². The van der Waals surface area contributed by atoms with E-state index in [0.717, 1.165) is 12.4 Å². The zero-order chi connectivity index (χ0) is 9.14. The summed E-state index contributed by atoms with van der Waals surface area (Å²) in [5, 5.41) is 9.72. The van der Waals surface area contributed by atoms with Crippen molar-refractivity contribution in [2.75, 3.05) is 0 Å². The molecule has 1 aromatic heterocycles. The molecule has 0 saturated heterocycles. The van der Waals surface area contributed by atoms with E-state index in [-0.39, 0.29) is 5.92 Å². The molecule has 0 aliphatic rings. The molecular weight excluding hydrogens is 152 g/mol. The highest BCUT2D eigenvalue weighted by molar-refractivity contribution is 4.97. The van der Waals surface area contributed by atoms with Crippen LogP contribution < -0.4 is 0 Å². The Balaban J connectivity index is 2.86. The van der Waals surface area contributed by atoms with Gasteiger partial charge in [-0.2, -0.15) is 0 Å². The van der Waals surface area contributed by atoms with Gasteiger partial charge in [-0.15, -0.1) is 0 Å². The lowest BCUT2D eigenvalue weighted by Gasteiger charge is -2.14. The molecule has 1 heterocycles. The molecule has 0 aromatic carbocycles. The van der Waals surface area contributed by atoms with Gasteiger partial charge in [0.1, 0.15) is 11.9 Å². The predicted octanol–water partition coefficient (Wildman–Crippen LogP) is 1.59. The number of aliphatic hydroxyl groups excluding tert-OH is 1. The van der Waals surface area contributed by atoms with Gasteiger partial charge >= 0.3 is 0 Å². The minimum absolute atomic E-state index is 0.220. The van der Waals surface area contributed by atoms with Crippen LogP contribution in [-0.4, -0.2) is 14.7 Å². The number of hydrogen-bond donors (Lipinski definition) is 1. The van der Waals surface area contributed by atoms with Gasteiger partial charge in [0, 0.05) is 18.9 Å². The van der Waals surface area contributed by atoms with Crippen LogP contribution >= 0.6 is 0 Å². The summed E-state index contributed by atoms with van der Waals surface area (Å²) in [6.45, 7) is 6.87. The lowest BCUT2D eigenvalue weighted by atomic mass is 10.1. The second-order valence-corrected chi connectivity index (χ2v) is 3.26. The molecule has 0 amide bonds. The third-order valence-corrected chi connectivity index (χ3v) is 1.98. The van der Waals surface area contributed by atoms with Crippen molar-refractivity contribution in [2.45, 2.75) is 33.4 Å². The monoisotopic (exact) mass is 168 g/mol. The molecule has 1 atom stereocenters. The van der Waals surface area contributed by atoms with Crippen LogP contribution in [0.1, 0.15) is 32.7 Å². The fourth-order valence-corrected chi connectivity index (χ4v) is 1.15. The van der Waals surface area contributed by atoms with E-state index >= 15 is 0 Å². The zero-order valence-corrected chi connectivity index (χ0v) is 7.86. The molecule has 0 fully saturated rings. The highest BCUT2D eigenvalue weighted by atomic mass is 16.3. The molecule has 0 aliphatic heterocycles. The largest absolute Gasteiger partial charge is 0.385 e. The topological polar surface area (TPSA) is 38.0 Å². The van der Waals surface area contributed by atoms with Crippen LogP contribution in [0.4, 0.5) is 0 Å². The maximum absolute atomic E-state index is 9.72. The van der Waals surface area contributed by atoms with Gasteiger partial charge in [0.05, 0.1) is 0 Å². The Labute approximate surface area is 73.1 Å². The van der Waals surface area contributed by atoms with Gasteiger partial charge in [-0.1, -0.05) is 13.8 Å². The summed E-state index contributed by atoms with van der Waals surface area (Å²) in [5.41, 5.74) is 0. The Morgan fingerprint density at radius 1 is 1.58 bits per heavy atom. The van der Waals surface area contributed by atoms with Gasteiger partial charge in [-0.25, -0.2) is 4.98 Å². The number of imidazole rings is 1. The van der Waals surface area contributed by atoms with E-state index in [1.807, 2.05) is 31.5 Å². The van der Waals surface area contributed by atoms with E-state index in [4.69, 9.17) is 0 Å². The maximum atomic E-state index is 9.72. The van der Waals surface area contributed by atoms with Crippen molar-refractivity contribution in [3.8, 4) is 0 Å². The highest BCUT2D eigenvalue weighted by Crippen LogP contribution is 2.19. The van der Waals surface area contributed by atoms with Gasteiger partial charge in [0.25, 0.3) is 0 Å². The van der Waals surface area contributed by atoms with Crippen molar-refractivity contribution in [1.29, 1.82) is 0 Å². The third kappa shape index (κ3) is 1.67. The first-order valence-corrected chi connectivity index (χ1v) is 4.36. The van der Waals surface area contributed by atoms with Crippen molar-refractivity contribution in [3.63, 3.8) is 0 Å². The Bertz CT molecular complexity index is 242. The molecule has 12 heavy (non-hydrogen) atoms. The van der Waals surface area contributed by atoms with Crippen molar-refractivity contribution in [2.24, 2.45) is 5.92 Å². The molecule has 0 radical (unpaired) electrons. The molecule has 0 saturated carbocycles. The molecule has 3 heteroatoms. The average Bonchev–Trinajstić information content (AvgIpc) is 2.49. The van der Waals surface area contributed by atoms with Crippen molar-refractivity contribution in [1.82, 2.24) is 9.55 Å². The van der Waals surface area contributed by atoms with E-state index < -0.39 is 6.10 Å². The fourth-order valence-electron chi connectivity index (χ4n) is 1.15. The molecule has 0 spiro atoms. The molecule has 1 aromatic rings. The van der Waals surface area contributed by atoms with Gasteiger partial charge < -0.3 is 9.67 Å². The van der Waals surface area contributed by atoms with Gasteiger partial charge in [-0.3, -0.25) is 0 Å². The summed E-state index contributed by atoms with van der Waals surface area (Å²) in [6, 6.07) is 0. The Kier molecular flexibility index (Phi) is 2.87. The maximum Gasteiger partial charge on any atom is 0.137 e. The van der Waals surface area contributed by atoms with Crippen LogP contribution in [0.3, 0.4) is 0 Å². The first kappa shape index (κ1) is 9.26. The number of hydrogen-bond acceptors (Lipinski definition) is 2. The third-order valence-electron chi connectivity index (χ3n) is 1.98. The first-order chi connectivity index (χ1) is 5.66. The standard InChI is InChI=1S/C9H16N2O/c1-4-11-6-5-10-9(11)8(12)7(2)3/h5-8,12H,4H2,1-3H3. The van der Waals surface area contributed by atoms with Crippen LogP contribution in [0.15, 0.2) is 12.4 Å². The normalized spacial score (nSPS) is 13.8. The van der Waals surface area contributed by atoms with E-state index in [1.54, 1.807) is 6.20 Å². The van der Waals surface area contributed by atoms with Gasteiger partial charge in [0.2, 0.25) is 0 Å². The molecule has 0 bridgehead atoms. The van der Waals surface area contributed by atoms with Gasteiger partial charge in [-0.05, 0) is 12.8 Å². The Morgan fingerprint density at radius 2 is 2.25 bits per heavy atom.